The Morgan fingerprint density at radius 1 is 0.906 bits per heavy atom. The van der Waals surface area contributed by atoms with Crippen LogP contribution in [0.25, 0.3) is 0 Å². The average molecular weight is 442 g/mol. The summed E-state index contributed by atoms with van der Waals surface area (Å²) in [6.45, 7) is 3.68. The van der Waals surface area contributed by atoms with Crippen molar-refractivity contribution in [2.24, 2.45) is 5.92 Å². The molecule has 1 saturated carbocycles. The molecule has 1 N–H and O–H groups in total. The Balaban J connectivity index is 1.17. The van der Waals surface area contributed by atoms with E-state index in [1.54, 1.807) is 7.11 Å². The van der Waals surface area contributed by atoms with Crippen LogP contribution in [0.4, 0.5) is 0 Å². The Kier molecular flexibility index (Phi) is 8.06. The van der Waals surface area contributed by atoms with E-state index in [2.05, 4.69) is 10.2 Å². The van der Waals surface area contributed by atoms with E-state index in [-0.39, 0.29) is 17.7 Å². The minimum absolute atomic E-state index is 0.180. The van der Waals surface area contributed by atoms with Crippen molar-refractivity contribution in [2.75, 3.05) is 33.3 Å². The number of amides is 2. The van der Waals surface area contributed by atoms with E-state index in [0.29, 0.717) is 18.5 Å². The van der Waals surface area contributed by atoms with Gasteiger partial charge in [-0.05, 0) is 69.3 Å². The number of carbonyl (C=O) groups excluding carboxylic acids is 2. The van der Waals surface area contributed by atoms with Crippen LogP contribution >= 0.6 is 0 Å². The number of ether oxygens (including phenoxy) is 1. The number of nitrogens with zero attached hydrogens (tertiary/aromatic N) is 2. The fraction of sp³-hybridized carbons (Fsp3) is 0.692. The monoisotopic (exact) mass is 441 g/mol. The molecular formula is C26H39N3O3. The molecule has 2 aliphatic heterocycles. The lowest BCUT2D eigenvalue weighted by Gasteiger charge is -2.41. The topological polar surface area (TPSA) is 61.9 Å². The first-order valence-electron chi connectivity index (χ1n) is 12.6. The molecule has 3 fully saturated rings. The molecule has 1 aromatic rings. The number of methoxy groups -OCH3 is 1. The number of hydrogen-bond donors (Lipinski definition) is 1. The Morgan fingerprint density at radius 3 is 2.19 bits per heavy atom. The molecule has 0 radical (unpaired) electrons. The van der Waals surface area contributed by atoms with Gasteiger partial charge in [-0.3, -0.25) is 9.59 Å². The summed E-state index contributed by atoms with van der Waals surface area (Å²) in [5, 5.41) is 3.32. The van der Waals surface area contributed by atoms with E-state index < -0.39 is 0 Å². The van der Waals surface area contributed by atoms with Crippen LogP contribution in [-0.2, 0) is 16.0 Å². The number of benzene rings is 1. The smallest absolute Gasteiger partial charge is 0.226 e. The third-order valence-electron chi connectivity index (χ3n) is 7.70. The maximum Gasteiger partial charge on any atom is 0.226 e. The van der Waals surface area contributed by atoms with Gasteiger partial charge in [-0.2, -0.15) is 0 Å². The largest absolute Gasteiger partial charge is 0.497 e. The highest BCUT2D eigenvalue weighted by atomic mass is 16.5. The lowest BCUT2D eigenvalue weighted by Crippen LogP contribution is -2.51. The Bertz CT molecular complexity index is 744. The summed E-state index contributed by atoms with van der Waals surface area (Å²) < 4.78 is 5.19. The lowest BCUT2D eigenvalue weighted by atomic mass is 9.91. The lowest BCUT2D eigenvalue weighted by molar-refractivity contribution is -0.132. The number of rotatable bonds is 6. The van der Waals surface area contributed by atoms with Crippen LogP contribution in [0.5, 0.6) is 5.75 Å². The first-order chi connectivity index (χ1) is 15.6. The summed E-state index contributed by atoms with van der Waals surface area (Å²) in [7, 11) is 1.65. The summed E-state index contributed by atoms with van der Waals surface area (Å²) >= 11 is 0. The second-order valence-electron chi connectivity index (χ2n) is 9.79. The quantitative estimate of drug-likeness (QED) is 0.735. The van der Waals surface area contributed by atoms with Gasteiger partial charge in [-0.15, -0.1) is 0 Å². The molecule has 4 rings (SSSR count). The van der Waals surface area contributed by atoms with E-state index in [1.807, 2.05) is 29.2 Å². The normalized spacial score (nSPS) is 22.0. The third kappa shape index (κ3) is 6.03. The number of nitrogens with one attached hydrogen (secondary N) is 1. The summed E-state index contributed by atoms with van der Waals surface area (Å²) in [5.74, 6) is 1.50. The molecule has 0 atom stereocenters. The predicted molar refractivity (Wildman–Crippen MR) is 126 cm³/mol. The molecule has 0 unspecified atom stereocenters. The molecule has 6 heteroatoms. The van der Waals surface area contributed by atoms with Gasteiger partial charge in [0.2, 0.25) is 11.8 Å². The highest BCUT2D eigenvalue weighted by Gasteiger charge is 2.32. The van der Waals surface area contributed by atoms with E-state index in [1.165, 1.54) is 19.3 Å². The zero-order valence-electron chi connectivity index (χ0n) is 19.6. The molecule has 1 aliphatic carbocycles. The molecule has 2 saturated heterocycles. The Labute approximate surface area is 192 Å². The zero-order chi connectivity index (χ0) is 22.3. The second kappa shape index (κ2) is 11.2. The van der Waals surface area contributed by atoms with E-state index in [0.717, 1.165) is 76.0 Å². The molecule has 176 valence electrons. The average Bonchev–Trinajstić information content (AvgIpc) is 2.85. The van der Waals surface area contributed by atoms with Gasteiger partial charge < -0.3 is 19.9 Å². The second-order valence-corrected chi connectivity index (χ2v) is 9.79. The molecule has 32 heavy (non-hydrogen) atoms. The maximum atomic E-state index is 12.7. The van der Waals surface area contributed by atoms with Gasteiger partial charge >= 0.3 is 0 Å². The van der Waals surface area contributed by atoms with Gasteiger partial charge in [0, 0.05) is 31.1 Å². The summed E-state index contributed by atoms with van der Waals surface area (Å²) in [5.41, 5.74) is 1.03. The minimum atomic E-state index is 0.180. The van der Waals surface area contributed by atoms with E-state index >= 15 is 0 Å². The highest BCUT2D eigenvalue weighted by molar-refractivity contribution is 5.79. The van der Waals surface area contributed by atoms with Crippen LogP contribution in [0.3, 0.4) is 0 Å². The van der Waals surface area contributed by atoms with Crippen molar-refractivity contribution in [3.8, 4) is 5.75 Å². The summed E-state index contributed by atoms with van der Waals surface area (Å²) in [6.07, 6.45) is 10.6. The van der Waals surface area contributed by atoms with Crippen molar-refractivity contribution in [3.05, 3.63) is 29.8 Å². The molecule has 2 heterocycles. The summed E-state index contributed by atoms with van der Waals surface area (Å²) in [6, 6.07) is 8.72. The summed E-state index contributed by atoms with van der Waals surface area (Å²) in [4.78, 5) is 30.0. The van der Waals surface area contributed by atoms with Gasteiger partial charge in [0.25, 0.3) is 0 Å². The minimum Gasteiger partial charge on any atom is -0.497 e. The van der Waals surface area contributed by atoms with Gasteiger partial charge in [0.05, 0.1) is 13.5 Å². The molecule has 0 spiro atoms. The molecule has 2 amide bonds. The number of carbonyl (C=O) groups is 2. The van der Waals surface area contributed by atoms with Gasteiger partial charge in [0.1, 0.15) is 5.75 Å². The molecular weight excluding hydrogens is 402 g/mol. The van der Waals surface area contributed by atoms with Crippen LogP contribution in [-0.4, -0.2) is 67.0 Å². The van der Waals surface area contributed by atoms with Crippen LogP contribution in [0, 0.1) is 5.92 Å². The fourth-order valence-electron chi connectivity index (χ4n) is 5.60. The molecule has 3 aliphatic rings. The molecule has 6 nitrogen and oxygen atoms in total. The fourth-order valence-corrected chi connectivity index (χ4v) is 5.60. The highest BCUT2D eigenvalue weighted by Crippen LogP contribution is 2.25. The molecule has 0 bridgehead atoms. The number of piperidine rings is 2. The Morgan fingerprint density at radius 2 is 1.56 bits per heavy atom. The van der Waals surface area contributed by atoms with Crippen molar-refractivity contribution in [1.82, 2.24) is 15.1 Å². The van der Waals surface area contributed by atoms with E-state index in [9.17, 15) is 9.59 Å². The number of likely N-dealkylation sites (tertiary alicyclic amines) is 2. The SMILES string of the molecule is COc1ccc(CC(=O)N2CCC(N3CCC(C(=O)NC4CCCCC4)CC3)CC2)cc1. The van der Waals surface area contributed by atoms with Crippen molar-refractivity contribution in [3.63, 3.8) is 0 Å². The molecule has 0 aromatic heterocycles. The zero-order valence-corrected chi connectivity index (χ0v) is 19.6. The van der Waals surface area contributed by atoms with Crippen LogP contribution < -0.4 is 10.1 Å². The first kappa shape index (κ1) is 23.1. The van der Waals surface area contributed by atoms with Gasteiger partial charge in [-0.25, -0.2) is 0 Å². The van der Waals surface area contributed by atoms with Crippen molar-refractivity contribution < 1.29 is 14.3 Å². The first-order valence-corrected chi connectivity index (χ1v) is 12.6. The maximum absolute atomic E-state index is 12.7. The van der Waals surface area contributed by atoms with Gasteiger partial charge in [-0.1, -0.05) is 31.4 Å². The van der Waals surface area contributed by atoms with Crippen LogP contribution in [0.1, 0.15) is 63.4 Å². The van der Waals surface area contributed by atoms with Crippen LogP contribution in [0.2, 0.25) is 0 Å². The Hall–Kier alpha value is -2.08. The van der Waals surface area contributed by atoms with Crippen molar-refractivity contribution in [1.29, 1.82) is 0 Å². The predicted octanol–water partition coefficient (Wildman–Crippen LogP) is 3.39. The van der Waals surface area contributed by atoms with Crippen molar-refractivity contribution >= 4 is 11.8 Å². The standard InChI is InChI=1S/C26H39N3O3/c1-32-24-9-7-20(8-10-24)19-25(30)29-17-13-23(14-18-29)28-15-11-21(12-16-28)26(31)27-22-5-3-2-4-6-22/h7-10,21-23H,2-6,11-19H2,1H3,(H,27,31). The van der Waals surface area contributed by atoms with Crippen LogP contribution in [0.15, 0.2) is 24.3 Å². The third-order valence-corrected chi connectivity index (χ3v) is 7.70. The molecule has 1 aromatic carbocycles. The van der Waals surface area contributed by atoms with E-state index in [4.69, 9.17) is 4.74 Å². The van der Waals surface area contributed by atoms with Gasteiger partial charge in [0.15, 0.2) is 0 Å². The van der Waals surface area contributed by atoms with Crippen molar-refractivity contribution in [2.45, 2.75) is 76.3 Å². The number of hydrogen-bond acceptors (Lipinski definition) is 4.